The van der Waals surface area contributed by atoms with E-state index in [4.69, 9.17) is 18.7 Å². The second-order valence-electron chi connectivity index (χ2n) is 5.35. The number of hydrogen-bond donors (Lipinski definition) is 1. The van der Waals surface area contributed by atoms with E-state index in [1.54, 1.807) is 47.3 Å². The zero-order chi connectivity index (χ0) is 17.9. The quantitative estimate of drug-likeness (QED) is 0.874. The Morgan fingerprint density at radius 1 is 1.12 bits per heavy atom. The van der Waals surface area contributed by atoms with Crippen molar-refractivity contribution in [3.8, 4) is 17.2 Å². The third-order valence-electron chi connectivity index (χ3n) is 3.80. The molecule has 2 aromatic rings. The summed E-state index contributed by atoms with van der Waals surface area (Å²) in [7, 11) is 4.64. The Morgan fingerprint density at radius 2 is 1.71 bits per heavy atom. The predicted molar refractivity (Wildman–Crippen MR) is 88.0 cm³/mol. The van der Waals surface area contributed by atoms with E-state index < -0.39 is 0 Å². The first-order valence-electron chi connectivity index (χ1n) is 7.46. The first-order chi connectivity index (χ1) is 11.4. The molecule has 1 amide bonds. The summed E-state index contributed by atoms with van der Waals surface area (Å²) in [4.78, 5) is 12.5. The molecule has 0 aliphatic carbocycles. The van der Waals surface area contributed by atoms with Crippen LogP contribution in [0.3, 0.4) is 0 Å². The minimum Gasteiger partial charge on any atom is -0.493 e. The van der Waals surface area contributed by atoms with Gasteiger partial charge in [-0.15, -0.1) is 0 Å². The van der Waals surface area contributed by atoms with Crippen LogP contribution in [0.25, 0.3) is 0 Å². The largest absolute Gasteiger partial charge is 0.493 e. The van der Waals surface area contributed by atoms with Crippen molar-refractivity contribution in [1.82, 2.24) is 10.5 Å². The molecule has 24 heavy (non-hydrogen) atoms. The van der Waals surface area contributed by atoms with Gasteiger partial charge in [-0.1, -0.05) is 5.16 Å². The standard InChI is InChI=1S/C17H22N2O5/c1-9(18-17(20)15-10(2)19-24-11(15)3)12-7-13(21-4)16(23-6)14(8-12)22-5/h7-9H,1-6H3,(H,18,20)/t9-/m0/s1. The van der Waals surface area contributed by atoms with Gasteiger partial charge < -0.3 is 24.1 Å². The van der Waals surface area contributed by atoms with Gasteiger partial charge in [0.15, 0.2) is 11.5 Å². The number of rotatable bonds is 6. The van der Waals surface area contributed by atoms with Crippen molar-refractivity contribution in [3.63, 3.8) is 0 Å². The summed E-state index contributed by atoms with van der Waals surface area (Å²) < 4.78 is 21.0. The molecule has 0 aliphatic rings. The van der Waals surface area contributed by atoms with Crippen molar-refractivity contribution in [2.75, 3.05) is 21.3 Å². The first kappa shape index (κ1) is 17.7. The van der Waals surface area contributed by atoms with Gasteiger partial charge >= 0.3 is 0 Å². The number of amides is 1. The second kappa shape index (κ2) is 7.25. The minimum absolute atomic E-state index is 0.243. The number of methoxy groups -OCH3 is 3. The summed E-state index contributed by atoms with van der Waals surface area (Å²) in [5.74, 6) is 1.82. The summed E-state index contributed by atoms with van der Waals surface area (Å²) >= 11 is 0. The average molecular weight is 334 g/mol. The molecule has 0 radical (unpaired) electrons. The van der Waals surface area contributed by atoms with Crippen LogP contribution in [-0.2, 0) is 0 Å². The molecule has 1 atom stereocenters. The lowest BCUT2D eigenvalue weighted by Gasteiger charge is -2.18. The fourth-order valence-corrected chi connectivity index (χ4v) is 2.51. The van der Waals surface area contributed by atoms with E-state index >= 15 is 0 Å². The number of benzene rings is 1. The summed E-state index contributed by atoms with van der Waals surface area (Å²) in [6.07, 6.45) is 0. The van der Waals surface area contributed by atoms with Gasteiger partial charge in [-0.2, -0.15) is 0 Å². The van der Waals surface area contributed by atoms with Gasteiger partial charge in [0, 0.05) is 0 Å². The van der Waals surface area contributed by atoms with Crippen molar-refractivity contribution >= 4 is 5.91 Å². The number of hydrogen-bond acceptors (Lipinski definition) is 6. The van der Waals surface area contributed by atoms with Crippen molar-refractivity contribution in [1.29, 1.82) is 0 Å². The number of carbonyl (C=O) groups is 1. The fourth-order valence-electron chi connectivity index (χ4n) is 2.51. The van der Waals surface area contributed by atoms with Crippen molar-refractivity contribution < 1.29 is 23.5 Å². The van der Waals surface area contributed by atoms with Crippen LogP contribution in [0, 0.1) is 13.8 Å². The molecule has 1 aromatic carbocycles. The summed E-state index contributed by atoms with van der Waals surface area (Å²) in [5, 5.41) is 6.73. The van der Waals surface area contributed by atoms with E-state index in [1.165, 1.54) is 0 Å². The predicted octanol–water partition coefficient (Wildman–Crippen LogP) is 2.81. The second-order valence-corrected chi connectivity index (χ2v) is 5.35. The highest BCUT2D eigenvalue weighted by atomic mass is 16.5. The van der Waals surface area contributed by atoms with E-state index in [2.05, 4.69) is 10.5 Å². The molecule has 0 aliphatic heterocycles. The summed E-state index contributed by atoms with van der Waals surface area (Å²) in [6, 6.07) is 3.33. The Morgan fingerprint density at radius 3 is 2.12 bits per heavy atom. The molecular weight excluding hydrogens is 312 g/mol. The SMILES string of the molecule is COc1cc([C@H](C)NC(=O)c2c(C)noc2C)cc(OC)c1OC. The van der Waals surface area contributed by atoms with Crippen LogP contribution < -0.4 is 19.5 Å². The maximum Gasteiger partial charge on any atom is 0.257 e. The number of nitrogens with one attached hydrogen (secondary N) is 1. The zero-order valence-corrected chi connectivity index (χ0v) is 14.7. The fraction of sp³-hybridized carbons (Fsp3) is 0.412. The molecule has 0 saturated carbocycles. The molecule has 0 spiro atoms. The van der Waals surface area contributed by atoms with Crippen molar-refractivity contribution in [2.45, 2.75) is 26.8 Å². The molecule has 0 saturated heterocycles. The minimum atomic E-state index is -0.278. The molecule has 2 rings (SSSR count). The molecule has 1 N–H and O–H groups in total. The van der Waals surface area contributed by atoms with Crippen molar-refractivity contribution in [3.05, 3.63) is 34.7 Å². The van der Waals surface area contributed by atoms with Gasteiger partial charge in [-0.05, 0) is 38.5 Å². The molecule has 1 aromatic heterocycles. The van der Waals surface area contributed by atoms with E-state index in [9.17, 15) is 4.79 Å². The van der Waals surface area contributed by atoms with Gasteiger partial charge in [-0.25, -0.2) is 0 Å². The number of aromatic nitrogens is 1. The van der Waals surface area contributed by atoms with Gasteiger partial charge in [0.2, 0.25) is 5.75 Å². The van der Waals surface area contributed by atoms with E-state index in [0.717, 1.165) is 5.56 Å². The van der Waals surface area contributed by atoms with Crippen LogP contribution in [0.5, 0.6) is 17.2 Å². The number of carbonyl (C=O) groups excluding carboxylic acids is 1. The molecule has 0 fully saturated rings. The van der Waals surface area contributed by atoms with Gasteiger partial charge in [0.1, 0.15) is 11.3 Å². The lowest BCUT2D eigenvalue weighted by Crippen LogP contribution is -2.27. The van der Waals surface area contributed by atoms with Crippen LogP contribution >= 0.6 is 0 Å². The van der Waals surface area contributed by atoms with Gasteiger partial charge in [-0.3, -0.25) is 4.79 Å². The Kier molecular flexibility index (Phi) is 5.33. The topological polar surface area (TPSA) is 82.8 Å². The Hall–Kier alpha value is -2.70. The lowest BCUT2D eigenvalue weighted by molar-refractivity contribution is 0.0937. The maximum atomic E-state index is 12.5. The van der Waals surface area contributed by atoms with Crippen LogP contribution in [0.15, 0.2) is 16.7 Å². The molecule has 0 unspecified atom stereocenters. The third kappa shape index (κ3) is 3.29. The van der Waals surface area contributed by atoms with Crippen molar-refractivity contribution in [2.24, 2.45) is 0 Å². The van der Waals surface area contributed by atoms with Gasteiger partial charge in [0.05, 0.1) is 33.1 Å². The molecule has 7 heteroatoms. The van der Waals surface area contributed by atoms with E-state index in [1.807, 2.05) is 6.92 Å². The monoisotopic (exact) mass is 334 g/mol. The highest BCUT2D eigenvalue weighted by molar-refractivity contribution is 5.96. The van der Waals surface area contributed by atoms with Crippen LogP contribution in [0.4, 0.5) is 0 Å². The third-order valence-corrected chi connectivity index (χ3v) is 3.80. The lowest BCUT2D eigenvalue weighted by atomic mass is 10.1. The average Bonchev–Trinajstić information content (AvgIpc) is 2.91. The van der Waals surface area contributed by atoms with Crippen LogP contribution in [0.1, 0.15) is 40.3 Å². The zero-order valence-electron chi connectivity index (χ0n) is 14.7. The van der Waals surface area contributed by atoms with Crippen LogP contribution in [-0.4, -0.2) is 32.4 Å². The Balaban J connectivity index is 2.29. The molecule has 1 heterocycles. The summed E-state index contributed by atoms with van der Waals surface area (Å²) in [5.41, 5.74) is 1.83. The summed E-state index contributed by atoms with van der Waals surface area (Å²) in [6.45, 7) is 5.31. The molecular formula is C17H22N2O5. The Bertz CT molecular complexity index is 694. The van der Waals surface area contributed by atoms with E-state index in [0.29, 0.717) is 34.3 Å². The van der Waals surface area contributed by atoms with Crippen LogP contribution in [0.2, 0.25) is 0 Å². The molecule has 0 bridgehead atoms. The highest BCUT2D eigenvalue weighted by Gasteiger charge is 2.21. The number of aryl methyl sites for hydroxylation is 2. The maximum absolute atomic E-state index is 12.5. The number of nitrogens with zero attached hydrogens (tertiary/aromatic N) is 1. The molecule has 7 nitrogen and oxygen atoms in total. The normalized spacial score (nSPS) is 11.8. The number of ether oxygens (including phenoxy) is 3. The van der Waals surface area contributed by atoms with Gasteiger partial charge in [0.25, 0.3) is 5.91 Å². The molecule has 130 valence electrons. The van der Waals surface area contributed by atoms with E-state index in [-0.39, 0.29) is 11.9 Å². The first-order valence-corrected chi connectivity index (χ1v) is 7.46. The Labute approximate surface area is 140 Å². The highest BCUT2D eigenvalue weighted by Crippen LogP contribution is 2.39. The smallest absolute Gasteiger partial charge is 0.257 e.